The van der Waals surface area contributed by atoms with Gasteiger partial charge in [-0.05, 0) is 12.8 Å². The largest absolute Gasteiger partial charge is 0.336 e. The third kappa shape index (κ3) is 1.73. The summed E-state index contributed by atoms with van der Waals surface area (Å²) >= 11 is 0. The summed E-state index contributed by atoms with van der Waals surface area (Å²) in [4.78, 5) is 0. The normalized spacial score (nSPS) is 43.9. The van der Waals surface area contributed by atoms with Crippen LogP contribution in [0, 0.1) is 5.41 Å². The Balaban J connectivity index is 2.19. The van der Waals surface area contributed by atoms with Gasteiger partial charge in [-0.3, -0.25) is 4.18 Å². The molecule has 0 aromatic heterocycles. The summed E-state index contributed by atoms with van der Waals surface area (Å²) in [6.07, 6.45) is 4.29. The summed E-state index contributed by atoms with van der Waals surface area (Å²) < 4.78 is 29.6. The van der Waals surface area contributed by atoms with Gasteiger partial charge in [-0.15, -0.1) is 0 Å². The Bertz CT molecular complexity index is 301. The van der Waals surface area contributed by atoms with E-state index in [2.05, 4.69) is 11.6 Å². The van der Waals surface area contributed by atoms with Crippen molar-refractivity contribution in [2.24, 2.45) is 5.41 Å². The molecule has 0 aromatic carbocycles. The fourth-order valence-electron chi connectivity index (χ4n) is 2.19. The van der Waals surface area contributed by atoms with Gasteiger partial charge >= 0.3 is 10.3 Å². The van der Waals surface area contributed by atoms with Crippen molar-refractivity contribution in [3.8, 4) is 0 Å². The molecule has 1 saturated heterocycles. The van der Waals surface area contributed by atoms with E-state index in [0.29, 0.717) is 6.61 Å². The molecule has 1 N–H and O–H groups in total. The first kappa shape index (κ1) is 9.43. The van der Waals surface area contributed by atoms with Crippen molar-refractivity contribution in [1.82, 2.24) is 4.72 Å². The van der Waals surface area contributed by atoms with Crippen LogP contribution < -0.4 is 4.72 Å². The first-order valence-corrected chi connectivity index (χ1v) is 6.09. The zero-order chi connectivity index (χ0) is 9.53. The molecule has 13 heavy (non-hydrogen) atoms. The van der Waals surface area contributed by atoms with Crippen molar-refractivity contribution in [2.75, 3.05) is 6.61 Å². The molecular formula is C8H15NO3S. The summed E-state index contributed by atoms with van der Waals surface area (Å²) in [6.45, 7) is 2.44. The second kappa shape index (κ2) is 2.93. The molecule has 1 aliphatic carbocycles. The SMILES string of the molecule is C[C@@]12CCCCC1NS(=O)(=O)OC2. The summed E-state index contributed by atoms with van der Waals surface area (Å²) in [5.41, 5.74) is 0.0174. The van der Waals surface area contributed by atoms with Gasteiger partial charge in [0.2, 0.25) is 0 Å². The van der Waals surface area contributed by atoms with E-state index >= 15 is 0 Å². The summed E-state index contributed by atoms with van der Waals surface area (Å²) in [5.74, 6) is 0. The molecule has 1 saturated carbocycles. The van der Waals surface area contributed by atoms with Crippen LogP contribution >= 0.6 is 0 Å². The first-order valence-electron chi connectivity index (χ1n) is 4.69. The molecule has 2 fully saturated rings. The Hall–Kier alpha value is -0.130. The van der Waals surface area contributed by atoms with E-state index in [9.17, 15) is 8.42 Å². The van der Waals surface area contributed by atoms with Gasteiger partial charge in [0.05, 0.1) is 6.61 Å². The standard InChI is InChI=1S/C8H15NO3S/c1-8-5-3-2-4-7(8)9-13(10,11)12-6-8/h7,9H,2-6H2,1H3/t7?,8-/m0/s1. The van der Waals surface area contributed by atoms with Crippen LogP contribution in [0.15, 0.2) is 0 Å². The summed E-state index contributed by atoms with van der Waals surface area (Å²) in [5, 5.41) is 0. The van der Waals surface area contributed by atoms with Crippen LogP contribution in [0.1, 0.15) is 32.6 Å². The highest BCUT2D eigenvalue weighted by atomic mass is 32.2. The Labute approximate surface area is 78.9 Å². The maximum absolute atomic E-state index is 11.1. The van der Waals surface area contributed by atoms with Crippen LogP contribution in [0.3, 0.4) is 0 Å². The minimum atomic E-state index is -3.44. The van der Waals surface area contributed by atoms with Crippen LogP contribution in [-0.4, -0.2) is 21.1 Å². The van der Waals surface area contributed by atoms with Crippen LogP contribution in [-0.2, 0) is 14.5 Å². The Morgan fingerprint density at radius 1 is 1.46 bits per heavy atom. The third-order valence-electron chi connectivity index (χ3n) is 3.16. The molecule has 5 heteroatoms. The van der Waals surface area contributed by atoms with E-state index in [0.717, 1.165) is 19.3 Å². The van der Waals surface area contributed by atoms with Gasteiger partial charge in [-0.1, -0.05) is 19.8 Å². The zero-order valence-corrected chi connectivity index (χ0v) is 8.56. The lowest BCUT2D eigenvalue weighted by Gasteiger charge is -2.44. The van der Waals surface area contributed by atoms with E-state index in [1.165, 1.54) is 6.42 Å². The second-order valence-electron chi connectivity index (χ2n) is 4.29. The minimum Gasteiger partial charge on any atom is -0.257 e. The smallest absolute Gasteiger partial charge is 0.257 e. The lowest BCUT2D eigenvalue weighted by molar-refractivity contribution is 0.0624. The average Bonchev–Trinajstić information content (AvgIpc) is 2.05. The van der Waals surface area contributed by atoms with Gasteiger partial charge in [0.15, 0.2) is 0 Å². The molecule has 4 nitrogen and oxygen atoms in total. The molecule has 0 bridgehead atoms. The monoisotopic (exact) mass is 205 g/mol. The molecule has 2 rings (SSSR count). The third-order valence-corrected chi connectivity index (χ3v) is 4.16. The number of nitrogens with one attached hydrogen (secondary N) is 1. The molecule has 2 atom stereocenters. The van der Waals surface area contributed by atoms with E-state index in [-0.39, 0.29) is 11.5 Å². The quantitative estimate of drug-likeness (QED) is 0.636. The van der Waals surface area contributed by atoms with Crippen LogP contribution in [0.4, 0.5) is 0 Å². The van der Waals surface area contributed by atoms with E-state index in [1.807, 2.05) is 0 Å². The molecule has 1 aliphatic heterocycles. The highest BCUT2D eigenvalue weighted by Crippen LogP contribution is 2.39. The first-order chi connectivity index (χ1) is 6.02. The van der Waals surface area contributed by atoms with Crippen molar-refractivity contribution < 1.29 is 12.6 Å². The van der Waals surface area contributed by atoms with Crippen LogP contribution in [0.5, 0.6) is 0 Å². The fraction of sp³-hybridized carbons (Fsp3) is 1.00. The lowest BCUT2D eigenvalue weighted by atomic mass is 9.73. The van der Waals surface area contributed by atoms with Gasteiger partial charge in [0, 0.05) is 11.5 Å². The molecule has 0 amide bonds. The Kier molecular flexibility index (Phi) is 2.13. The lowest BCUT2D eigenvalue weighted by Crippen LogP contribution is -2.55. The van der Waals surface area contributed by atoms with Crippen molar-refractivity contribution in [3.05, 3.63) is 0 Å². The van der Waals surface area contributed by atoms with Gasteiger partial charge in [0.25, 0.3) is 0 Å². The minimum absolute atomic E-state index is 0.0174. The Morgan fingerprint density at radius 3 is 3.00 bits per heavy atom. The molecule has 0 spiro atoms. The molecule has 0 aromatic rings. The van der Waals surface area contributed by atoms with Crippen molar-refractivity contribution in [2.45, 2.75) is 38.6 Å². The molecule has 1 unspecified atom stereocenters. The number of rotatable bonds is 0. The maximum Gasteiger partial charge on any atom is 0.336 e. The molecule has 2 aliphatic rings. The van der Waals surface area contributed by atoms with Crippen molar-refractivity contribution in [3.63, 3.8) is 0 Å². The number of fused-ring (bicyclic) bond motifs is 1. The predicted molar refractivity (Wildman–Crippen MR) is 48.4 cm³/mol. The van der Waals surface area contributed by atoms with E-state index in [1.54, 1.807) is 0 Å². The van der Waals surface area contributed by atoms with Crippen LogP contribution in [0.25, 0.3) is 0 Å². The van der Waals surface area contributed by atoms with E-state index in [4.69, 9.17) is 4.18 Å². The highest BCUT2D eigenvalue weighted by molar-refractivity contribution is 7.84. The maximum atomic E-state index is 11.1. The molecule has 0 radical (unpaired) electrons. The molecular weight excluding hydrogens is 190 g/mol. The molecule has 76 valence electrons. The predicted octanol–water partition coefficient (Wildman–Crippen LogP) is 0.800. The van der Waals surface area contributed by atoms with Gasteiger partial charge < -0.3 is 0 Å². The number of hydrogen-bond acceptors (Lipinski definition) is 3. The van der Waals surface area contributed by atoms with Crippen molar-refractivity contribution >= 4 is 10.3 Å². The highest BCUT2D eigenvalue weighted by Gasteiger charge is 2.43. The van der Waals surface area contributed by atoms with Crippen molar-refractivity contribution in [1.29, 1.82) is 0 Å². The summed E-state index contributed by atoms with van der Waals surface area (Å²) in [7, 11) is -3.44. The van der Waals surface area contributed by atoms with Gasteiger partial charge in [-0.25, -0.2) is 0 Å². The Morgan fingerprint density at radius 2 is 2.23 bits per heavy atom. The fourth-order valence-corrected chi connectivity index (χ4v) is 3.44. The van der Waals surface area contributed by atoms with Gasteiger partial charge in [-0.2, -0.15) is 13.1 Å². The topological polar surface area (TPSA) is 55.4 Å². The summed E-state index contributed by atoms with van der Waals surface area (Å²) in [6, 6.07) is 0.0833. The van der Waals surface area contributed by atoms with Gasteiger partial charge in [0.1, 0.15) is 0 Å². The van der Waals surface area contributed by atoms with E-state index < -0.39 is 10.3 Å². The van der Waals surface area contributed by atoms with Crippen LogP contribution in [0.2, 0.25) is 0 Å². The zero-order valence-electron chi connectivity index (χ0n) is 7.75. The average molecular weight is 205 g/mol. The second-order valence-corrected chi connectivity index (χ2v) is 5.67. The molecule has 1 heterocycles. The number of hydrogen-bond donors (Lipinski definition) is 1.